The van der Waals surface area contributed by atoms with Gasteiger partial charge in [-0.3, -0.25) is 4.79 Å². The van der Waals surface area contributed by atoms with Crippen molar-refractivity contribution in [1.82, 2.24) is 0 Å². The summed E-state index contributed by atoms with van der Waals surface area (Å²) in [5.41, 5.74) is 0.685. The van der Waals surface area contributed by atoms with Crippen LogP contribution in [0.25, 0.3) is 6.08 Å². The van der Waals surface area contributed by atoms with E-state index in [-0.39, 0.29) is 27.9 Å². The summed E-state index contributed by atoms with van der Waals surface area (Å²) in [6, 6.07) is 11.6. The summed E-state index contributed by atoms with van der Waals surface area (Å²) in [6.07, 6.45) is 1.57. The minimum atomic E-state index is -0.779. The second-order valence-electron chi connectivity index (χ2n) is 6.37. The van der Waals surface area contributed by atoms with Gasteiger partial charge in [0.1, 0.15) is 16.4 Å². The van der Waals surface area contributed by atoms with Gasteiger partial charge in [0, 0.05) is 11.6 Å². The predicted molar refractivity (Wildman–Crippen MR) is 125 cm³/mol. The number of carbonyl (C=O) groups excluding carboxylic acids is 2. The number of esters is 1. The normalized spacial score (nSPS) is 15.9. The number of hydrogen-bond acceptors (Lipinski definition) is 7. The lowest BCUT2D eigenvalue weighted by atomic mass is 10.1. The topological polar surface area (TPSA) is 94.4 Å². The highest BCUT2D eigenvalue weighted by atomic mass is 35.5. The minimum absolute atomic E-state index is 0.0395. The molecule has 2 aromatic rings. The quantitative estimate of drug-likeness (QED) is 0.586. The summed E-state index contributed by atoms with van der Waals surface area (Å²) in [4.78, 5) is 29.4. The fourth-order valence-corrected chi connectivity index (χ4v) is 4.06. The molecule has 0 bridgehead atoms. The molecule has 0 spiro atoms. The zero-order chi connectivity index (χ0) is 23.3. The monoisotopic (exact) mass is 473 g/mol. The summed E-state index contributed by atoms with van der Waals surface area (Å²) >= 11 is 7.32. The zero-order valence-corrected chi connectivity index (χ0v) is 19.1. The van der Waals surface area contributed by atoms with E-state index in [0.717, 1.165) is 11.8 Å². The van der Waals surface area contributed by atoms with Gasteiger partial charge in [-0.05, 0) is 36.8 Å². The number of halogens is 1. The van der Waals surface area contributed by atoms with E-state index in [1.54, 1.807) is 55.5 Å². The number of hydrogen-bond donors (Lipinski definition) is 1. The van der Waals surface area contributed by atoms with Crippen molar-refractivity contribution in [3.8, 4) is 11.5 Å². The first-order chi connectivity index (χ1) is 15.4. The third-order valence-corrected chi connectivity index (χ3v) is 5.73. The Morgan fingerprint density at radius 1 is 1.12 bits per heavy atom. The van der Waals surface area contributed by atoms with Crippen LogP contribution in [0.4, 0.5) is 0 Å². The van der Waals surface area contributed by atoms with Gasteiger partial charge in [-0.1, -0.05) is 41.6 Å². The average Bonchev–Trinajstić information content (AvgIpc) is 3.09. The van der Waals surface area contributed by atoms with Gasteiger partial charge >= 0.3 is 5.97 Å². The van der Waals surface area contributed by atoms with Crippen LogP contribution in [0.15, 0.2) is 63.7 Å². The van der Waals surface area contributed by atoms with E-state index in [1.165, 1.54) is 14.2 Å². The molecular weight excluding hydrogens is 454 g/mol. The standard InChI is InChI=1S/C23H20ClNO6S/c1-4-31-23(28)19-20(26)18(11-14-10-16(29-2)17(30-3)12-15(14)24)32-22(19)25-21(27)13-8-6-5-7-9-13/h5-12,26H,4H2,1-3H3/b18-11-,25-22?. The Bertz CT molecular complexity index is 1140. The van der Waals surface area contributed by atoms with Crippen molar-refractivity contribution >= 4 is 46.4 Å². The van der Waals surface area contributed by atoms with E-state index in [0.29, 0.717) is 27.6 Å². The maximum atomic E-state index is 12.6. The molecule has 0 saturated heterocycles. The maximum absolute atomic E-state index is 12.6. The first-order valence-electron chi connectivity index (χ1n) is 9.49. The Kier molecular flexibility index (Phi) is 7.61. The summed E-state index contributed by atoms with van der Waals surface area (Å²) in [5, 5.41) is 11.2. The molecule has 166 valence electrons. The first kappa shape index (κ1) is 23.4. The van der Waals surface area contributed by atoms with Gasteiger partial charge in [-0.15, -0.1) is 0 Å². The van der Waals surface area contributed by atoms with E-state index in [2.05, 4.69) is 4.99 Å². The van der Waals surface area contributed by atoms with Gasteiger partial charge in [0.05, 0.1) is 30.8 Å². The van der Waals surface area contributed by atoms with Crippen LogP contribution in [0.2, 0.25) is 5.02 Å². The lowest BCUT2D eigenvalue weighted by Crippen LogP contribution is -2.14. The number of nitrogens with zero attached hydrogens (tertiary/aromatic N) is 1. The Morgan fingerprint density at radius 3 is 2.41 bits per heavy atom. The molecule has 1 aliphatic rings. The number of amides is 1. The van der Waals surface area contributed by atoms with Crippen molar-refractivity contribution < 1.29 is 28.9 Å². The lowest BCUT2D eigenvalue weighted by Gasteiger charge is -2.10. The number of methoxy groups -OCH3 is 2. The Labute approximate surface area is 194 Å². The molecule has 0 saturated carbocycles. The number of aliphatic hydroxyl groups excluding tert-OH is 1. The number of carbonyl (C=O) groups is 2. The van der Waals surface area contributed by atoms with Gasteiger partial charge < -0.3 is 19.3 Å². The summed E-state index contributed by atoms with van der Waals surface area (Å²) < 4.78 is 15.6. The smallest absolute Gasteiger partial charge is 0.344 e. The van der Waals surface area contributed by atoms with Gasteiger partial charge in [-0.25, -0.2) is 9.79 Å². The second kappa shape index (κ2) is 10.4. The van der Waals surface area contributed by atoms with Crippen LogP contribution in [-0.2, 0) is 9.53 Å². The molecule has 9 heteroatoms. The highest BCUT2D eigenvalue weighted by Crippen LogP contribution is 2.41. The molecule has 2 aromatic carbocycles. The summed E-state index contributed by atoms with van der Waals surface area (Å²) in [6.45, 7) is 1.74. The molecule has 0 aliphatic carbocycles. The Hall–Kier alpha value is -3.23. The number of thioether (sulfide) groups is 1. The molecule has 0 fully saturated rings. The van der Waals surface area contributed by atoms with Crippen molar-refractivity contribution in [3.63, 3.8) is 0 Å². The third kappa shape index (κ3) is 4.98. The highest BCUT2D eigenvalue weighted by molar-refractivity contribution is 8.18. The molecule has 0 unspecified atom stereocenters. The van der Waals surface area contributed by atoms with Crippen molar-refractivity contribution in [2.75, 3.05) is 20.8 Å². The molecule has 1 N–H and O–H groups in total. The molecule has 32 heavy (non-hydrogen) atoms. The molecule has 0 atom stereocenters. The van der Waals surface area contributed by atoms with Gasteiger partial charge in [0.15, 0.2) is 11.5 Å². The molecule has 1 amide bonds. The Balaban J connectivity index is 2.06. The van der Waals surface area contributed by atoms with Crippen molar-refractivity contribution in [3.05, 3.63) is 74.9 Å². The van der Waals surface area contributed by atoms with Crippen molar-refractivity contribution in [1.29, 1.82) is 0 Å². The highest BCUT2D eigenvalue weighted by Gasteiger charge is 2.34. The molecule has 1 heterocycles. The largest absolute Gasteiger partial charge is 0.506 e. The van der Waals surface area contributed by atoms with E-state index < -0.39 is 11.9 Å². The van der Waals surface area contributed by atoms with Crippen LogP contribution >= 0.6 is 23.4 Å². The van der Waals surface area contributed by atoms with Gasteiger partial charge in [0.25, 0.3) is 5.91 Å². The molecule has 0 aromatic heterocycles. The SMILES string of the molecule is CCOC(=O)C1=C(O)/C(=C/c2cc(OC)c(OC)cc2Cl)SC1=NC(=O)c1ccccc1. The first-order valence-corrected chi connectivity index (χ1v) is 10.7. The number of ether oxygens (including phenoxy) is 3. The van der Waals surface area contributed by atoms with E-state index in [4.69, 9.17) is 25.8 Å². The van der Waals surface area contributed by atoms with Crippen molar-refractivity contribution in [2.45, 2.75) is 6.92 Å². The van der Waals surface area contributed by atoms with Crippen molar-refractivity contribution in [2.24, 2.45) is 4.99 Å². The molecule has 3 rings (SSSR count). The number of aliphatic hydroxyl groups is 1. The zero-order valence-electron chi connectivity index (χ0n) is 17.5. The summed E-state index contributed by atoms with van der Waals surface area (Å²) in [5.74, 6) is -0.790. The predicted octanol–water partition coefficient (Wildman–Crippen LogP) is 5.06. The van der Waals surface area contributed by atoms with Crippen LogP contribution in [0.1, 0.15) is 22.8 Å². The lowest BCUT2D eigenvalue weighted by molar-refractivity contribution is -0.138. The van der Waals surface area contributed by atoms with Crippen LogP contribution in [0.5, 0.6) is 11.5 Å². The third-order valence-electron chi connectivity index (χ3n) is 4.38. The van der Waals surface area contributed by atoms with Crippen LogP contribution in [0.3, 0.4) is 0 Å². The number of benzene rings is 2. The van der Waals surface area contributed by atoms with E-state index in [9.17, 15) is 14.7 Å². The average molecular weight is 474 g/mol. The Morgan fingerprint density at radius 2 is 1.78 bits per heavy atom. The van der Waals surface area contributed by atoms with E-state index in [1.807, 2.05) is 0 Å². The van der Waals surface area contributed by atoms with Crippen LogP contribution < -0.4 is 9.47 Å². The minimum Gasteiger partial charge on any atom is -0.506 e. The van der Waals surface area contributed by atoms with Crippen LogP contribution in [0, 0.1) is 0 Å². The molecule has 0 radical (unpaired) electrons. The number of rotatable bonds is 6. The van der Waals surface area contributed by atoms with Crippen LogP contribution in [-0.4, -0.2) is 42.9 Å². The number of aliphatic imine (C=N–C) groups is 1. The molecule has 1 aliphatic heterocycles. The van der Waals surface area contributed by atoms with Gasteiger partial charge in [-0.2, -0.15) is 0 Å². The molecule has 7 nitrogen and oxygen atoms in total. The maximum Gasteiger partial charge on any atom is 0.344 e. The molecular formula is C23H20ClNO6S. The van der Waals surface area contributed by atoms with E-state index >= 15 is 0 Å². The second-order valence-corrected chi connectivity index (χ2v) is 7.81. The van der Waals surface area contributed by atoms with Gasteiger partial charge in [0.2, 0.25) is 0 Å². The fourth-order valence-electron chi connectivity index (χ4n) is 2.85. The fraction of sp³-hybridized carbons (Fsp3) is 0.174. The summed E-state index contributed by atoms with van der Waals surface area (Å²) in [7, 11) is 2.98.